The van der Waals surface area contributed by atoms with Gasteiger partial charge in [0.25, 0.3) is 0 Å². The van der Waals surface area contributed by atoms with Gasteiger partial charge in [-0.15, -0.1) is 0 Å². The Hall–Kier alpha value is -2.08. The van der Waals surface area contributed by atoms with Gasteiger partial charge in [0.05, 0.1) is 10.7 Å². The van der Waals surface area contributed by atoms with Gasteiger partial charge in [-0.3, -0.25) is 14.9 Å². The van der Waals surface area contributed by atoms with Gasteiger partial charge in [0.2, 0.25) is 11.8 Å². The van der Waals surface area contributed by atoms with Crippen LogP contribution in [-0.4, -0.2) is 35.3 Å². The molecule has 0 radical (unpaired) electrons. The van der Waals surface area contributed by atoms with E-state index in [0.29, 0.717) is 10.7 Å². The van der Waals surface area contributed by atoms with E-state index >= 15 is 0 Å². The van der Waals surface area contributed by atoms with E-state index in [-0.39, 0.29) is 6.54 Å². The van der Waals surface area contributed by atoms with Gasteiger partial charge in [0.15, 0.2) is 0 Å². The minimum absolute atomic E-state index is 0.163. The third kappa shape index (κ3) is 2.85. The molecular weight excluding hydrogens is 270 g/mol. The lowest BCUT2D eigenvalue weighted by Crippen LogP contribution is -2.59. The number of anilines is 1. The molecule has 0 aromatic heterocycles. The quantitative estimate of drug-likeness (QED) is 0.760. The second-order valence-electron chi connectivity index (χ2n) is 4.13. The Morgan fingerprint density at radius 3 is 2.79 bits per heavy atom. The first-order valence-electron chi connectivity index (χ1n) is 5.65. The van der Waals surface area contributed by atoms with Crippen LogP contribution < -0.4 is 10.6 Å². The number of urea groups is 1. The Bertz CT molecular complexity index is 547. The number of para-hydroxylation sites is 1. The number of halogens is 1. The zero-order valence-electron chi connectivity index (χ0n) is 10.1. The van der Waals surface area contributed by atoms with Gasteiger partial charge in [0, 0.05) is 0 Å². The monoisotopic (exact) mass is 281 g/mol. The lowest BCUT2D eigenvalue weighted by Gasteiger charge is -2.31. The zero-order chi connectivity index (χ0) is 14.0. The molecule has 1 fully saturated rings. The number of nitrogens with one attached hydrogen (secondary N) is 2. The molecule has 1 heterocycles. The summed E-state index contributed by atoms with van der Waals surface area (Å²) in [5, 5.41) is 5.12. The second kappa shape index (κ2) is 5.27. The van der Waals surface area contributed by atoms with Crippen molar-refractivity contribution in [3.63, 3.8) is 0 Å². The van der Waals surface area contributed by atoms with Crippen LogP contribution in [0, 0.1) is 0 Å². The van der Waals surface area contributed by atoms with Crippen molar-refractivity contribution in [2.45, 2.75) is 13.0 Å². The molecule has 6 nitrogen and oxygen atoms in total. The van der Waals surface area contributed by atoms with E-state index in [9.17, 15) is 14.4 Å². The summed E-state index contributed by atoms with van der Waals surface area (Å²) in [6.07, 6.45) is 0. The maximum absolute atomic E-state index is 12.0. The second-order valence-corrected chi connectivity index (χ2v) is 4.53. The molecule has 0 bridgehead atoms. The zero-order valence-corrected chi connectivity index (χ0v) is 10.9. The van der Waals surface area contributed by atoms with Gasteiger partial charge < -0.3 is 10.2 Å². The molecule has 1 unspecified atom stereocenters. The SMILES string of the molecule is CC1C(=O)NC(=O)CN1C(=O)Nc1ccccc1Cl. The molecule has 7 heteroatoms. The lowest BCUT2D eigenvalue weighted by molar-refractivity contribution is -0.137. The van der Waals surface area contributed by atoms with Crippen LogP contribution in [0.25, 0.3) is 0 Å². The molecule has 1 aromatic carbocycles. The largest absolute Gasteiger partial charge is 0.323 e. The fourth-order valence-corrected chi connectivity index (χ4v) is 1.89. The van der Waals surface area contributed by atoms with Gasteiger partial charge in [0.1, 0.15) is 12.6 Å². The highest BCUT2D eigenvalue weighted by atomic mass is 35.5. The molecule has 0 aliphatic carbocycles. The third-order valence-corrected chi connectivity index (χ3v) is 3.13. The fourth-order valence-electron chi connectivity index (χ4n) is 1.71. The summed E-state index contributed by atoms with van der Waals surface area (Å²) >= 11 is 5.92. The van der Waals surface area contributed by atoms with Crippen molar-refractivity contribution in [1.82, 2.24) is 10.2 Å². The van der Waals surface area contributed by atoms with Crippen molar-refractivity contribution in [2.75, 3.05) is 11.9 Å². The number of imide groups is 1. The van der Waals surface area contributed by atoms with Gasteiger partial charge in [-0.2, -0.15) is 0 Å². The molecule has 2 rings (SSSR count). The molecular formula is C12H12ClN3O3. The van der Waals surface area contributed by atoms with Gasteiger partial charge >= 0.3 is 6.03 Å². The van der Waals surface area contributed by atoms with Crippen LogP contribution in [0.3, 0.4) is 0 Å². The molecule has 1 aliphatic rings. The molecule has 1 aliphatic heterocycles. The molecule has 2 N–H and O–H groups in total. The molecule has 1 aromatic rings. The predicted molar refractivity (Wildman–Crippen MR) is 69.8 cm³/mol. The van der Waals surface area contributed by atoms with Crippen molar-refractivity contribution in [3.05, 3.63) is 29.3 Å². The van der Waals surface area contributed by atoms with Crippen LogP contribution in [-0.2, 0) is 9.59 Å². The Balaban J connectivity index is 2.13. The van der Waals surface area contributed by atoms with E-state index in [2.05, 4.69) is 10.6 Å². The van der Waals surface area contributed by atoms with Crippen LogP contribution >= 0.6 is 11.6 Å². The molecule has 1 atom stereocenters. The normalized spacial score (nSPS) is 19.1. The molecule has 0 spiro atoms. The lowest BCUT2D eigenvalue weighted by atomic mass is 10.2. The van der Waals surface area contributed by atoms with E-state index in [1.54, 1.807) is 31.2 Å². The maximum atomic E-state index is 12.0. The van der Waals surface area contributed by atoms with Gasteiger partial charge in [-0.25, -0.2) is 4.79 Å². The number of amides is 4. The Labute approximate surface area is 114 Å². The first-order valence-corrected chi connectivity index (χ1v) is 6.02. The molecule has 19 heavy (non-hydrogen) atoms. The minimum atomic E-state index is -0.708. The Morgan fingerprint density at radius 2 is 2.11 bits per heavy atom. The van der Waals surface area contributed by atoms with Crippen LogP contribution in [0.5, 0.6) is 0 Å². The van der Waals surface area contributed by atoms with Crippen molar-refractivity contribution < 1.29 is 14.4 Å². The first kappa shape index (κ1) is 13.4. The van der Waals surface area contributed by atoms with Crippen LogP contribution in [0.4, 0.5) is 10.5 Å². The number of carbonyl (C=O) groups is 3. The third-order valence-electron chi connectivity index (χ3n) is 2.80. The minimum Gasteiger partial charge on any atom is -0.306 e. The van der Waals surface area contributed by atoms with E-state index < -0.39 is 23.9 Å². The predicted octanol–water partition coefficient (Wildman–Crippen LogP) is 1.22. The summed E-state index contributed by atoms with van der Waals surface area (Å²) in [5.41, 5.74) is 0.430. The standard InChI is InChI=1S/C12H12ClN3O3/c1-7-11(18)15-10(17)6-16(7)12(19)14-9-5-3-2-4-8(9)13/h2-5,7H,6H2,1H3,(H,14,19)(H,15,17,18). The highest BCUT2D eigenvalue weighted by Crippen LogP contribution is 2.21. The number of hydrogen-bond donors (Lipinski definition) is 2. The van der Waals surface area contributed by atoms with E-state index in [1.807, 2.05) is 0 Å². The first-order chi connectivity index (χ1) is 8.99. The summed E-state index contributed by atoms with van der Waals surface area (Å²) in [7, 11) is 0. The van der Waals surface area contributed by atoms with E-state index in [4.69, 9.17) is 11.6 Å². The van der Waals surface area contributed by atoms with Crippen molar-refractivity contribution in [3.8, 4) is 0 Å². The summed E-state index contributed by atoms with van der Waals surface area (Å²) < 4.78 is 0. The molecule has 4 amide bonds. The van der Waals surface area contributed by atoms with E-state index in [0.717, 1.165) is 4.90 Å². The van der Waals surface area contributed by atoms with E-state index in [1.165, 1.54) is 0 Å². The average Bonchev–Trinajstić information content (AvgIpc) is 2.36. The Morgan fingerprint density at radius 1 is 1.42 bits per heavy atom. The fraction of sp³-hybridized carbons (Fsp3) is 0.250. The number of hydrogen-bond acceptors (Lipinski definition) is 3. The summed E-state index contributed by atoms with van der Waals surface area (Å²) in [6, 6.07) is 5.48. The van der Waals surface area contributed by atoms with Gasteiger partial charge in [-0.1, -0.05) is 23.7 Å². The molecule has 100 valence electrons. The summed E-state index contributed by atoms with van der Waals surface area (Å²) in [4.78, 5) is 35.9. The number of piperazine rings is 1. The topological polar surface area (TPSA) is 78.5 Å². The van der Waals surface area contributed by atoms with Crippen molar-refractivity contribution in [2.24, 2.45) is 0 Å². The molecule has 1 saturated heterocycles. The highest BCUT2D eigenvalue weighted by Gasteiger charge is 2.33. The number of carbonyl (C=O) groups excluding carboxylic acids is 3. The number of rotatable bonds is 1. The highest BCUT2D eigenvalue weighted by molar-refractivity contribution is 6.33. The number of benzene rings is 1. The van der Waals surface area contributed by atoms with Crippen molar-refractivity contribution in [1.29, 1.82) is 0 Å². The average molecular weight is 282 g/mol. The Kier molecular flexibility index (Phi) is 3.71. The van der Waals surface area contributed by atoms with Crippen LogP contribution in [0.15, 0.2) is 24.3 Å². The molecule has 0 saturated carbocycles. The smallest absolute Gasteiger partial charge is 0.306 e. The van der Waals surface area contributed by atoms with Crippen LogP contribution in [0.2, 0.25) is 5.02 Å². The van der Waals surface area contributed by atoms with Gasteiger partial charge in [-0.05, 0) is 19.1 Å². The van der Waals surface area contributed by atoms with Crippen molar-refractivity contribution >= 4 is 35.1 Å². The number of nitrogens with zero attached hydrogens (tertiary/aromatic N) is 1. The van der Waals surface area contributed by atoms with Crippen LogP contribution in [0.1, 0.15) is 6.92 Å². The summed E-state index contributed by atoms with van der Waals surface area (Å²) in [6.45, 7) is 1.39. The maximum Gasteiger partial charge on any atom is 0.323 e. The summed E-state index contributed by atoms with van der Waals surface area (Å²) in [5.74, 6) is -0.997.